The van der Waals surface area contributed by atoms with Crippen molar-refractivity contribution in [3.05, 3.63) is 40.0 Å². The van der Waals surface area contributed by atoms with Crippen molar-refractivity contribution in [2.24, 2.45) is 0 Å². The minimum Gasteiger partial charge on any atom is -0.465 e. The molecule has 6 heteroatoms. The zero-order valence-corrected chi connectivity index (χ0v) is 10.9. The number of nitrogen functional groups attached to an aromatic ring is 1. The molecule has 0 unspecified atom stereocenters. The van der Waals surface area contributed by atoms with Crippen LogP contribution in [0.2, 0.25) is 5.02 Å². The number of methoxy groups -OCH3 is 1. The van der Waals surface area contributed by atoms with E-state index in [2.05, 4.69) is 4.74 Å². The molecule has 2 rings (SSSR count). The third kappa shape index (κ3) is 2.19. The molecule has 0 atom stereocenters. The molecule has 1 aromatic carbocycles. The first-order valence-corrected chi connectivity index (χ1v) is 6.16. The van der Waals surface area contributed by atoms with Crippen LogP contribution in [0.15, 0.2) is 24.3 Å². The van der Waals surface area contributed by atoms with Gasteiger partial charge in [0.2, 0.25) is 0 Å². The molecule has 3 nitrogen and oxygen atoms in total. The molecule has 2 N–H and O–H groups in total. The normalized spacial score (nSPS) is 10.4. The number of carbonyl (C=O) groups is 1. The Bertz CT molecular complexity index is 592. The van der Waals surface area contributed by atoms with Gasteiger partial charge < -0.3 is 10.5 Å². The third-order valence-corrected chi connectivity index (χ3v) is 3.80. The highest BCUT2D eigenvalue weighted by molar-refractivity contribution is 7.18. The van der Waals surface area contributed by atoms with E-state index in [-0.39, 0.29) is 21.2 Å². The van der Waals surface area contributed by atoms with Crippen LogP contribution in [-0.2, 0) is 4.74 Å². The fourth-order valence-electron chi connectivity index (χ4n) is 1.51. The maximum absolute atomic E-state index is 13.7. The van der Waals surface area contributed by atoms with E-state index in [1.807, 2.05) is 0 Å². The Morgan fingerprint density at radius 1 is 1.50 bits per heavy atom. The van der Waals surface area contributed by atoms with Gasteiger partial charge in [0.25, 0.3) is 0 Å². The van der Waals surface area contributed by atoms with Crippen molar-refractivity contribution in [2.75, 3.05) is 12.8 Å². The second-order valence-corrected chi connectivity index (χ2v) is 4.94. The largest absolute Gasteiger partial charge is 0.465 e. The summed E-state index contributed by atoms with van der Waals surface area (Å²) in [4.78, 5) is 12.2. The van der Waals surface area contributed by atoms with Crippen molar-refractivity contribution in [2.45, 2.75) is 0 Å². The molecule has 18 heavy (non-hydrogen) atoms. The summed E-state index contributed by atoms with van der Waals surface area (Å²) in [5, 5.41) is 0.271. The number of benzene rings is 1. The van der Waals surface area contributed by atoms with Gasteiger partial charge in [-0.3, -0.25) is 0 Å². The van der Waals surface area contributed by atoms with Gasteiger partial charge in [-0.1, -0.05) is 17.7 Å². The van der Waals surface area contributed by atoms with E-state index in [0.29, 0.717) is 4.88 Å². The van der Waals surface area contributed by atoms with E-state index >= 15 is 0 Å². The van der Waals surface area contributed by atoms with E-state index in [1.165, 1.54) is 25.3 Å². The highest BCUT2D eigenvalue weighted by Crippen LogP contribution is 2.38. The topological polar surface area (TPSA) is 52.3 Å². The molecule has 0 aliphatic heterocycles. The van der Waals surface area contributed by atoms with Crippen LogP contribution >= 0.6 is 22.9 Å². The van der Waals surface area contributed by atoms with Crippen LogP contribution in [0.25, 0.3) is 10.4 Å². The van der Waals surface area contributed by atoms with Crippen molar-refractivity contribution < 1.29 is 13.9 Å². The number of carbonyl (C=O) groups excluding carboxylic acids is 1. The minimum absolute atomic E-state index is 0.242. The Morgan fingerprint density at radius 3 is 2.83 bits per heavy atom. The molecule has 0 aliphatic carbocycles. The van der Waals surface area contributed by atoms with E-state index in [4.69, 9.17) is 17.3 Å². The molecule has 1 heterocycles. The molecule has 0 amide bonds. The predicted octanol–water partition coefficient (Wildman–Crippen LogP) is 3.58. The van der Waals surface area contributed by atoms with Crippen LogP contribution < -0.4 is 5.73 Å². The van der Waals surface area contributed by atoms with Crippen molar-refractivity contribution in [3.63, 3.8) is 0 Å². The van der Waals surface area contributed by atoms with Crippen LogP contribution in [0.1, 0.15) is 9.67 Å². The average Bonchev–Trinajstić information content (AvgIpc) is 2.70. The Hall–Kier alpha value is -1.59. The van der Waals surface area contributed by atoms with Gasteiger partial charge in [-0.15, -0.1) is 11.3 Å². The molecule has 0 bridgehead atoms. The molecule has 0 saturated heterocycles. The number of halogens is 2. The van der Waals surface area contributed by atoms with Gasteiger partial charge in [-0.05, 0) is 18.2 Å². The molecule has 0 aliphatic rings. The smallest absolute Gasteiger partial charge is 0.350 e. The molecular weight excluding hydrogens is 277 g/mol. The number of ether oxygens (including phenoxy) is 1. The van der Waals surface area contributed by atoms with Crippen molar-refractivity contribution in [3.8, 4) is 10.4 Å². The summed E-state index contributed by atoms with van der Waals surface area (Å²) in [7, 11) is 1.26. The van der Waals surface area contributed by atoms with Gasteiger partial charge >= 0.3 is 5.97 Å². The standard InChI is InChI=1S/C12H9ClFNO2S/c1-17-12(16)11-8(15)5-9(18-11)10-6(13)3-2-4-7(10)14/h2-5H,15H2,1H3. The molecule has 0 radical (unpaired) electrons. The van der Waals surface area contributed by atoms with Gasteiger partial charge in [0.1, 0.15) is 10.7 Å². The number of hydrogen-bond donors (Lipinski definition) is 1. The van der Waals surface area contributed by atoms with Crippen molar-refractivity contribution in [1.29, 1.82) is 0 Å². The Labute approximate surface area is 112 Å². The fourth-order valence-corrected chi connectivity index (χ4v) is 2.89. The maximum Gasteiger partial charge on any atom is 0.350 e. The van der Waals surface area contributed by atoms with Gasteiger partial charge in [0.15, 0.2) is 0 Å². The summed E-state index contributed by atoms with van der Waals surface area (Å²) in [6.07, 6.45) is 0. The van der Waals surface area contributed by atoms with E-state index in [9.17, 15) is 9.18 Å². The molecule has 0 saturated carbocycles. The van der Waals surface area contributed by atoms with Crippen molar-refractivity contribution >= 4 is 34.6 Å². The third-order valence-electron chi connectivity index (χ3n) is 2.34. The Morgan fingerprint density at radius 2 is 2.22 bits per heavy atom. The van der Waals surface area contributed by atoms with E-state index < -0.39 is 11.8 Å². The summed E-state index contributed by atoms with van der Waals surface area (Å²) < 4.78 is 18.3. The number of hydrogen-bond acceptors (Lipinski definition) is 4. The summed E-state index contributed by atoms with van der Waals surface area (Å²) >= 11 is 7.00. The first-order valence-electron chi connectivity index (χ1n) is 4.96. The second-order valence-electron chi connectivity index (χ2n) is 3.48. The highest BCUT2D eigenvalue weighted by atomic mass is 35.5. The van der Waals surface area contributed by atoms with Crippen LogP contribution in [0, 0.1) is 5.82 Å². The number of nitrogens with two attached hydrogens (primary N) is 1. The average molecular weight is 286 g/mol. The molecule has 0 fully saturated rings. The number of esters is 1. The molecule has 0 spiro atoms. The number of anilines is 1. The van der Waals surface area contributed by atoms with Crippen LogP contribution in [0.4, 0.5) is 10.1 Å². The van der Waals surface area contributed by atoms with Crippen molar-refractivity contribution in [1.82, 2.24) is 0 Å². The molecular formula is C12H9ClFNO2S. The summed E-state index contributed by atoms with van der Waals surface area (Å²) in [6.45, 7) is 0. The van der Waals surface area contributed by atoms with Crippen LogP contribution in [-0.4, -0.2) is 13.1 Å². The van der Waals surface area contributed by atoms with E-state index in [1.54, 1.807) is 6.07 Å². The lowest BCUT2D eigenvalue weighted by atomic mass is 10.1. The quantitative estimate of drug-likeness (QED) is 0.858. The summed E-state index contributed by atoms with van der Waals surface area (Å²) in [5.74, 6) is -1.00. The number of thiophene rings is 1. The maximum atomic E-state index is 13.7. The minimum atomic E-state index is -0.545. The van der Waals surface area contributed by atoms with Gasteiger partial charge in [-0.25, -0.2) is 9.18 Å². The second kappa shape index (κ2) is 4.96. The molecule has 94 valence electrons. The van der Waals surface area contributed by atoms with Crippen LogP contribution in [0.3, 0.4) is 0 Å². The first kappa shape index (κ1) is 12.9. The number of rotatable bonds is 2. The van der Waals surface area contributed by atoms with Gasteiger partial charge in [0.05, 0.1) is 17.8 Å². The van der Waals surface area contributed by atoms with Crippen LogP contribution in [0.5, 0.6) is 0 Å². The zero-order chi connectivity index (χ0) is 13.3. The zero-order valence-electron chi connectivity index (χ0n) is 9.37. The molecule has 2 aromatic rings. The first-order chi connectivity index (χ1) is 8.54. The lowest BCUT2D eigenvalue weighted by Crippen LogP contribution is -2.00. The van der Waals surface area contributed by atoms with Gasteiger partial charge in [0, 0.05) is 10.4 Å². The summed E-state index contributed by atoms with van der Waals surface area (Å²) in [5.41, 5.74) is 6.19. The fraction of sp³-hybridized carbons (Fsp3) is 0.0833. The SMILES string of the molecule is COC(=O)c1sc(-c2c(F)cccc2Cl)cc1N. The Kier molecular flexibility index (Phi) is 3.54. The monoisotopic (exact) mass is 285 g/mol. The highest BCUT2D eigenvalue weighted by Gasteiger charge is 2.18. The predicted molar refractivity (Wildman–Crippen MR) is 70.5 cm³/mol. The lowest BCUT2D eigenvalue weighted by molar-refractivity contribution is 0.0607. The van der Waals surface area contributed by atoms with E-state index in [0.717, 1.165) is 11.3 Å². The molecule has 1 aromatic heterocycles. The summed E-state index contributed by atoms with van der Waals surface area (Å²) in [6, 6.07) is 5.91. The lowest BCUT2D eigenvalue weighted by Gasteiger charge is -2.02. The Balaban J connectivity index is 2.56. The van der Waals surface area contributed by atoms with Gasteiger partial charge in [-0.2, -0.15) is 0 Å².